The molecule has 0 saturated heterocycles. The fraction of sp³-hybridized carbons (Fsp3) is 0.957. The molecule has 0 radical (unpaired) electrons. The van der Waals surface area contributed by atoms with Crippen molar-refractivity contribution < 1.29 is 4.79 Å². The van der Waals surface area contributed by atoms with Gasteiger partial charge in [-0.25, -0.2) is 0 Å². The summed E-state index contributed by atoms with van der Waals surface area (Å²) in [4.78, 5) is 12.3. The van der Waals surface area contributed by atoms with Gasteiger partial charge in [0.1, 0.15) is 5.78 Å². The number of unbranched alkanes of at least 4 members (excludes halogenated alkanes) is 11. The molecule has 1 unspecified atom stereocenters. The highest BCUT2D eigenvalue weighted by molar-refractivity contribution is 9.09. The molecule has 0 spiro atoms. The standard InChI is InChI=1S/C23H43BrO/c1-2-3-4-5-6-7-8-9-10-11-12-16-19-22(23(25)20-24)21-17-14-13-15-18-21/h21-22H,2-20H2,1H3. The minimum absolute atomic E-state index is 0.350. The number of carbonyl (C=O) groups is 1. The van der Waals surface area contributed by atoms with E-state index in [0.29, 0.717) is 22.9 Å². The molecule has 1 nitrogen and oxygen atoms in total. The molecule has 1 rings (SSSR count). The van der Waals surface area contributed by atoms with Crippen molar-refractivity contribution in [1.82, 2.24) is 0 Å². The number of hydrogen-bond donors (Lipinski definition) is 0. The van der Waals surface area contributed by atoms with Crippen LogP contribution in [0.4, 0.5) is 0 Å². The molecule has 0 bridgehead atoms. The number of ketones is 1. The quantitative estimate of drug-likeness (QED) is 0.183. The minimum atomic E-state index is 0.350. The zero-order chi connectivity index (χ0) is 18.2. The van der Waals surface area contributed by atoms with Gasteiger partial charge in [0.15, 0.2) is 0 Å². The van der Waals surface area contributed by atoms with Crippen LogP contribution < -0.4 is 0 Å². The lowest BCUT2D eigenvalue weighted by Crippen LogP contribution is -2.26. The van der Waals surface area contributed by atoms with Crippen LogP contribution in [0, 0.1) is 11.8 Å². The van der Waals surface area contributed by atoms with Gasteiger partial charge >= 0.3 is 0 Å². The second-order valence-electron chi connectivity index (χ2n) is 8.28. The first-order valence-electron chi connectivity index (χ1n) is 11.4. The van der Waals surface area contributed by atoms with Gasteiger partial charge in [0, 0.05) is 5.92 Å². The highest BCUT2D eigenvalue weighted by atomic mass is 79.9. The topological polar surface area (TPSA) is 17.1 Å². The Kier molecular flexibility index (Phi) is 15.2. The Bertz CT molecular complexity index is 309. The lowest BCUT2D eigenvalue weighted by molar-refractivity contribution is -0.122. The van der Waals surface area contributed by atoms with E-state index in [4.69, 9.17) is 0 Å². The predicted octanol–water partition coefficient (Wildman–Crippen LogP) is 8.24. The average molecular weight is 416 g/mol. The van der Waals surface area contributed by atoms with Crippen molar-refractivity contribution in [2.75, 3.05) is 5.33 Å². The fourth-order valence-corrected chi connectivity index (χ4v) is 4.92. The lowest BCUT2D eigenvalue weighted by atomic mass is 9.76. The van der Waals surface area contributed by atoms with Crippen LogP contribution in [0.5, 0.6) is 0 Å². The van der Waals surface area contributed by atoms with Gasteiger partial charge < -0.3 is 0 Å². The molecule has 148 valence electrons. The molecule has 1 aliphatic carbocycles. The summed E-state index contributed by atoms with van der Waals surface area (Å²) in [5, 5.41) is 0.562. The minimum Gasteiger partial charge on any atom is -0.298 e. The van der Waals surface area contributed by atoms with E-state index in [1.165, 1.54) is 109 Å². The normalized spacial score (nSPS) is 16.9. The van der Waals surface area contributed by atoms with Crippen LogP contribution in [0.25, 0.3) is 0 Å². The number of carbonyl (C=O) groups excluding carboxylic acids is 1. The first-order valence-corrected chi connectivity index (χ1v) is 12.5. The Labute approximate surface area is 166 Å². The highest BCUT2D eigenvalue weighted by Gasteiger charge is 2.27. The predicted molar refractivity (Wildman–Crippen MR) is 115 cm³/mol. The summed E-state index contributed by atoms with van der Waals surface area (Å²) in [5.74, 6) is 1.50. The lowest BCUT2D eigenvalue weighted by Gasteiger charge is -2.29. The summed E-state index contributed by atoms with van der Waals surface area (Å²) in [6, 6.07) is 0. The maximum Gasteiger partial charge on any atom is 0.146 e. The molecule has 0 aromatic heterocycles. The second-order valence-corrected chi connectivity index (χ2v) is 8.84. The Morgan fingerprint density at radius 2 is 1.28 bits per heavy atom. The molecule has 0 aliphatic heterocycles. The third-order valence-corrected chi connectivity index (χ3v) is 6.69. The SMILES string of the molecule is CCCCCCCCCCCCCCC(C(=O)CBr)C1CCCCC1. The summed E-state index contributed by atoms with van der Waals surface area (Å²) in [5.41, 5.74) is 0. The van der Waals surface area contributed by atoms with Crippen LogP contribution in [0.2, 0.25) is 0 Å². The molecule has 1 fully saturated rings. The van der Waals surface area contributed by atoms with E-state index >= 15 is 0 Å². The first-order chi connectivity index (χ1) is 12.3. The zero-order valence-electron chi connectivity index (χ0n) is 16.9. The summed E-state index contributed by atoms with van der Waals surface area (Å²) in [6.07, 6.45) is 24.5. The van der Waals surface area contributed by atoms with E-state index in [1.54, 1.807) is 0 Å². The van der Waals surface area contributed by atoms with Crippen molar-refractivity contribution in [3.63, 3.8) is 0 Å². The van der Waals surface area contributed by atoms with Gasteiger partial charge in [-0.3, -0.25) is 4.79 Å². The van der Waals surface area contributed by atoms with Crippen LogP contribution in [-0.2, 0) is 4.79 Å². The maximum absolute atomic E-state index is 12.3. The molecular formula is C23H43BrO. The summed E-state index contributed by atoms with van der Waals surface area (Å²) >= 11 is 3.41. The van der Waals surface area contributed by atoms with Crippen molar-refractivity contribution >= 4 is 21.7 Å². The Morgan fingerprint density at radius 1 is 0.800 bits per heavy atom. The van der Waals surface area contributed by atoms with Gasteiger partial charge in [-0.2, -0.15) is 0 Å². The van der Waals surface area contributed by atoms with Crippen molar-refractivity contribution in [2.24, 2.45) is 11.8 Å². The number of hydrogen-bond acceptors (Lipinski definition) is 1. The van der Waals surface area contributed by atoms with Crippen LogP contribution in [-0.4, -0.2) is 11.1 Å². The number of Topliss-reactive ketones (excluding diaryl/α,β-unsaturated/α-hetero) is 1. The summed E-state index contributed by atoms with van der Waals surface area (Å²) in [7, 11) is 0. The third kappa shape index (κ3) is 11.5. The van der Waals surface area contributed by atoms with Gasteiger partial charge in [-0.1, -0.05) is 119 Å². The highest BCUT2D eigenvalue weighted by Crippen LogP contribution is 2.33. The second kappa shape index (κ2) is 16.3. The van der Waals surface area contributed by atoms with Crippen molar-refractivity contribution in [3.05, 3.63) is 0 Å². The molecule has 0 N–H and O–H groups in total. The molecule has 0 heterocycles. The molecule has 2 heteroatoms. The van der Waals surface area contributed by atoms with Crippen molar-refractivity contribution in [3.8, 4) is 0 Å². The summed E-state index contributed by atoms with van der Waals surface area (Å²) in [6.45, 7) is 2.28. The van der Waals surface area contributed by atoms with Gasteiger partial charge in [0.25, 0.3) is 0 Å². The van der Waals surface area contributed by atoms with E-state index in [-0.39, 0.29) is 0 Å². The third-order valence-electron chi connectivity index (χ3n) is 6.13. The monoisotopic (exact) mass is 414 g/mol. The molecule has 0 aromatic carbocycles. The molecule has 1 atom stereocenters. The van der Waals surface area contributed by atoms with E-state index in [2.05, 4.69) is 22.9 Å². The largest absolute Gasteiger partial charge is 0.298 e. The Morgan fingerprint density at radius 3 is 1.76 bits per heavy atom. The Hall–Kier alpha value is 0.150. The van der Waals surface area contributed by atoms with E-state index < -0.39 is 0 Å². The van der Waals surface area contributed by atoms with Crippen molar-refractivity contribution in [2.45, 2.75) is 122 Å². The molecule has 1 aliphatic rings. The fourth-order valence-electron chi connectivity index (χ4n) is 4.50. The number of alkyl halides is 1. The zero-order valence-corrected chi connectivity index (χ0v) is 18.5. The first kappa shape index (κ1) is 23.2. The molecule has 25 heavy (non-hydrogen) atoms. The van der Waals surface area contributed by atoms with Crippen LogP contribution in [0.1, 0.15) is 122 Å². The van der Waals surface area contributed by atoms with E-state index in [9.17, 15) is 4.79 Å². The van der Waals surface area contributed by atoms with Crippen LogP contribution >= 0.6 is 15.9 Å². The maximum atomic E-state index is 12.3. The number of halogens is 1. The summed E-state index contributed by atoms with van der Waals surface area (Å²) < 4.78 is 0. The van der Waals surface area contributed by atoms with Gasteiger partial charge in [-0.05, 0) is 25.2 Å². The molecule has 0 aromatic rings. The molecule has 0 amide bonds. The van der Waals surface area contributed by atoms with Gasteiger partial charge in [-0.15, -0.1) is 0 Å². The van der Waals surface area contributed by atoms with Crippen LogP contribution in [0.15, 0.2) is 0 Å². The van der Waals surface area contributed by atoms with Crippen LogP contribution in [0.3, 0.4) is 0 Å². The van der Waals surface area contributed by atoms with Gasteiger partial charge in [0.05, 0.1) is 5.33 Å². The molecular weight excluding hydrogens is 372 g/mol. The smallest absolute Gasteiger partial charge is 0.146 e. The average Bonchev–Trinajstić information content (AvgIpc) is 2.66. The molecule has 1 saturated carbocycles. The number of rotatable bonds is 16. The Balaban J connectivity index is 1.99. The van der Waals surface area contributed by atoms with Crippen molar-refractivity contribution in [1.29, 1.82) is 0 Å². The van der Waals surface area contributed by atoms with E-state index in [1.807, 2.05) is 0 Å². The van der Waals surface area contributed by atoms with Gasteiger partial charge in [0.2, 0.25) is 0 Å². The van der Waals surface area contributed by atoms with E-state index in [0.717, 1.165) is 6.42 Å².